The van der Waals surface area contributed by atoms with Crippen molar-refractivity contribution in [3.05, 3.63) is 64.5 Å². The normalized spacial score (nSPS) is 14.8. The zero-order valence-electron chi connectivity index (χ0n) is 16.9. The summed E-state index contributed by atoms with van der Waals surface area (Å²) < 4.78 is 26.7. The van der Waals surface area contributed by atoms with E-state index in [1.54, 1.807) is 4.90 Å². The monoisotopic (exact) mass is 417 g/mol. The van der Waals surface area contributed by atoms with Gasteiger partial charge in [0.25, 0.3) is 11.8 Å². The Bertz CT molecular complexity index is 881. The average molecular weight is 418 g/mol. The van der Waals surface area contributed by atoms with Gasteiger partial charge in [0.05, 0.1) is 4.99 Å². The summed E-state index contributed by atoms with van der Waals surface area (Å²) in [5.74, 6) is -3.05. The second-order valence-corrected chi connectivity index (χ2v) is 8.06. The molecule has 0 saturated carbocycles. The Kier molecular flexibility index (Phi) is 6.27. The molecule has 1 amide bonds. The van der Waals surface area contributed by atoms with E-state index in [1.165, 1.54) is 24.3 Å². The zero-order valence-corrected chi connectivity index (χ0v) is 17.7. The lowest BCUT2D eigenvalue weighted by Gasteiger charge is -2.36. The summed E-state index contributed by atoms with van der Waals surface area (Å²) in [6, 6.07) is 9.65. The minimum absolute atomic E-state index is 0.0933. The second-order valence-electron chi connectivity index (χ2n) is 7.59. The fourth-order valence-electron chi connectivity index (χ4n) is 3.53. The van der Waals surface area contributed by atoms with E-state index >= 15 is 0 Å². The molecule has 3 rings (SSSR count). The molecule has 1 aromatic heterocycles. The molecule has 0 radical (unpaired) electrons. The van der Waals surface area contributed by atoms with Crippen molar-refractivity contribution < 1.29 is 13.6 Å². The number of hydrogen-bond donors (Lipinski definition) is 0. The van der Waals surface area contributed by atoms with Crippen molar-refractivity contribution in [2.75, 3.05) is 26.2 Å². The molecular weight excluding hydrogens is 392 g/mol. The number of aryl methyl sites for hydroxylation is 2. The molecule has 0 bridgehead atoms. The summed E-state index contributed by atoms with van der Waals surface area (Å²) in [6.07, 6.45) is 0.610. The highest BCUT2D eigenvalue weighted by atomic mass is 32.1. The van der Waals surface area contributed by atoms with Gasteiger partial charge in [-0.05, 0) is 43.7 Å². The molecule has 0 spiro atoms. The predicted octanol–water partition coefficient (Wildman–Crippen LogP) is 4.14. The maximum absolute atomic E-state index is 13.3. The molecule has 1 aliphatic rings. The van der Waals surface area contributed by atoms with Gasteiger partial charge >= 0.3 is 0 Å². The first kappa shape index (κ1) is 21.3. The molecule has 1 saturated heterocycles. The third-order valence-electron chi connectivity index (χ3n) is 5.04. The highest BCUT2D eigenvalue weighted by Gasteiger charge is 2.26. The average Bonchev–Trinajstić information content (AvgIpc) is 2.66. The zero-order chi connectivity index (χ0) is 21.2. The van der Waals surface area contributed by atoms with Crippen LogP contribution in [0.25, 0.3) is 0 Å². The van der Waals surface area contributed by atoms with Crippen LogP contribution in [-0.4, -0.2) is 51.9 Å². The lowest BCUT2D eigenvalue weighted by molar-refractivity contribution is 0.0174. The Morgan fingerprint density at radius 3 is 2.21 bits per heavy atom. The molecular formula is C22H25F2N3OS. The SMILES string of the molecule is Cc1cc(C)nc(CC(=S)N2CCN(C(=O)c3ccc(C(C)(F)F)cc3)CC2)c1. The van der Waals surface area contributed by atoms with Crippen molar-refractivity contribution >= 4 is 23.1 Å². The van der Waals surface area contributed by atoms with Crippen LogP contribution in [0.4, 0.5) is 8.78 Å². The topological polar surface area (TPSA) is 36.4 Å². The van der Waals surface area contributed by atoms with Crippen molar-refractivity contribution in [1.82, 2.24) is 14.8 Å². The fraction of sp³-hybridized carbons (Fsp3) is 0.409. The molecule has 0 unspecified atom stereocenters. The van der Waals surface area contributed by atoms with E-state index in [9.17, 15) is 13.6 Å². The number of nitrogens with zero attached hydrogens (tertiary/aromatic N) is 3. The third-order valence-corrected chi connectivity index (χ3v) is 5.44. The van der Waals surface area contributed by atoms with Crippen LogP contribution >= 0.6 is 12.2 Å². The maximum Gasteiger partial charge on any atom is 0.270 e. The van der Waals surface area contributed by atoms with Gasteiger partial charge in [-0.3, -0.25) is 9.78 Å². The Hall–Kier alpha value is -2.41. The standard InChI is InChI=1S/C22H25F2N3OS/c1-15-12-16(2)25-19(13-15)14-20(29)26-8-10-27(11-9-26)21(28)17-4-6-18(7-5-17)22(3,23)24/h4-7,12-13H,8-11,14H2,1-3H3. The van der Waals surface area contributed by atoms with Crippen molar-refractivity contribution in [2.24, 2.45) is 0 Å². The Balaban J connectivity index is 1.57. The molecule has 29 heavy (non-hydrogen) atoms. The minimum atomic E-state index is -2.91. The molecule has 0 aliphatic carbocycles. The Labute approximate surface area is 175 Å². The van der Waals surface area contributed by atoms with Crippen LogP contribution < -0.4 is 0 Å². The van der Waals surface area contributed by atoms with Crippen molar-refractivity contribution in [3.8, 4) is 0 Å². The van der Waals surface area contributed by atoms with E-state index in [0.29, 0.717) is 38.2 Å². The number of aromatic nitrogens is 1. The molecule has 2 aromatic rings. The summed E-state index contributed by atoms with van der Waals surface area (Å²) in [7, 11) is 0. The quantitative estimate of drug-likeness (QED) is 0.701. The van der Waals surface area contributed by atoms with Crippen LogP contribution in [0.15, 0.2) is 36.4 Å². The van der Waals surface area contributed by atoms with Crippen LogP contribution in [0.3, 0.4) is 0 Å². The van der Waals surface area contributed by atoms with Crippen molar-refractivity contribution in [3.63, 3.8) is 0 Å². The van der Waals surface area contributed by atoms with Gasteiger partial charge in [0, 0.05) is 62.0 Å². The van der Waals surface area contributed by atoms with Gasteiger partial charge in [-0.2, -0.15) is 0 Å². The highest BCUT2D eigenvalue weighted by molar-refractivity contribution is 7.80. The van der Waals surface area contributed by atoms with Gasteiger partial charge in [0.2, 0.25) is 0 Å². The summed E-state index contributed by atoms with van der Waals surface area (Å²) in [5, 5.41) is 0. The van der Waals surface area contributed by atoms with E-state index in [4.69, 9.17) is 12.2 Å². The summed E-state index contributed by atoms with van der Waals surface area (Å²) in [4.78, 5) is 21.9. The van der Waals surface area contributed by atoms with Gasteiger partial charge < -0.3 is 9.80 Å². The number of carbonyl (C=O) groups excluding carboxylic acids is 1. The predicted molar refractivity (Wildman–Crippen MR) is 113 cm³/mol. The summed E-state index contributed by atoms with van der Waals surface area (Å²) >= 11 is 5.60. The first-order chi connectivity index (χ1) is 13.6. The number of hydrogen-bond acceptors (Lipinski definition) is 3. The number of alkyl halides is 2. The number of carbonyl (C=O) groups is 1. The minimum Gasteiger partial charge on any atom is -0.362 e. The molecule has 0 atom stereocenters. The first-order valence-corrected chi connectivity index (χ1v) is 10.0. The number of rotatable bonds is 4. The van der Waals surface area contributed by atoms with Crippen molar-refractivity contribution in [2.45, 2.75) is 33.1 Å². The summed E-state index contributed by atoms with van der Waals surface area (Å²) in [6.45, 7) is 7.26. The maximum atomic E-state index is 13.3. The van der Waals surface area contributed by atoms with Gasteiger partial charge in [-0.15, -0.1) is 0 Å². The number of piperazine rings is 1. The molecule has 1 aromatic carbocycles. The highest BCUT2D eigenvalue weighted by Crippen LogP contribution is 2.27. The van der Waals surface area contributed by atoms with Crippen LogP contribution in [0, 0.1) is 13.8 Å². The molecule has 0 N–H and O–H groups in total. The smallest absolute Gasteiger partial charge is 0.270 e. The van der Waals surface area contributed by atoms with Crippen LogP contribution in [-0.2, 0) is 12.3 Å². The van der Waals surface area contributed by atoms with E-state index in [0.717, 1.165) is 28.9 Å². The molecule has 154 valence electrons. The molecule has 1 fully saturated rings. The number of pyridine rings is 1. The van der Waals surface area contributed by atoms with Gasteiger partial charge in [0.1, 0.15) is 0 Å². The Morgan fingerprint density at radius 2 is 1.66 bits per heavy atom. The lowest BCUT2D eigenvalue weighted by Crippen LogP contribution is -2.50. The van der Waals surface area contributed by atoms with E-state index in [-0.39, 0.29) is 11.5 Å². The van der Waals surface area contributed by atoms with Crippen LogP contribution in [0.2, 0.25) is 0 Å². The Morgan fingerprint density at radius 1 is 1.07 bits per heavy atom. The largest absolute Gasteiger partial charge is 0.362 e. The number of thiocarbonyl (C=S) groups is 1. The van der Waals surface area contributed by atoms with Crippen molar-refractivity contribution in [1.29, 1.82) is 0 Å². The van der Waals surface area contributed by atoms with Gasteiger partial charge in [-0.1, -0.05) is 24.4 Å². The van der Waals surface area contributed by atoms with E-state index in [1.807, 2.05) is 26.0 Å². The van der Waals surface area contributed by atoms with Gasteiger partial charge in [0.15, 0.2) is 0 Å². The summed E-state index contributed by atoms with van der Waals surface area (Å²) in [5.41, 5.74) is 3.43. The second kappa shape index (κ2) is 8.53. The molecule has 2 heterocycles. The number of benzene rings is 1. The van der Waals surface area contributed by atoms with Crippen LogP contribution in [0.1, 0.15) is 39.8 Å². The van der Waals surface area contributed by atoms with Crippen LogP contribution in [0.5, 0.6) is 0 Å². The van der Waals surface area contributed by atoms with E-state index in [2.05, 4.69) is 9.88 Å². The third kappa shape index (κ3) is 5.35. The molecule has 4 nitrogen and oxygen atoms in total. The lowest BCUT2D eigenvalue weighted by atomic mass is 10.1. The molecule has 1 aliphatic heterocycles. The number of halogens is 2. The fourth-order valence-corrected chi connectivity index (χ4v) is 3.86. The van der Waals surface area contributed by atoms with E-state index < -0.39 is 5.92 Å². The number of amides is 1. The van der Waals surface area contributed by atoms with Gasteiger partial charge in [-0.25, -0.2) is 8.78 Å². The first-order valence-electron chi connectivity index (χ1n) is 9.63. The molecule has 7 heteroatoms.